The number of carbonyl (C=O) groups is 4. The minimum absolute atomic E-state index is 0.0896. The van der Waals surface area contributed by atoms with Crippen molar-refractivity contribution in [2.45, 2.75) is 406 Å². The third-order valence-corrected chi connectivity index (χ3v) is 19.5. The minimum Gasteiger partial charge on any atom is -0.462 e. The number of phosphoric acid groups is 2. The Morgan fingerprint density at radius 2 is 0.469 bits per heavy atom. The number of esters is 4. The van der Waals surface area contributed by atoms with Gasteiger partial charge in [-0.1, -0.05) is 295 Å². The molecule has 0 rings (SSSR count). The molecule has 0 saturated heterocycles. The Balaban J connectivity index is 5.32. The molecule has 0 aliphatic heterocycles. The van der Waals surface area contributed by atoms with Gasteiger partial charge in [0.25, 0.3) is 0 Å². The molecule has 0 aliphatic rings. The molecule has 0 fully saturated rings. The second-order valence-electron chi connectivity index (χ2n) is 27.4. The first-order valence-corrected chi connectivity index (χ1v) is 43.2. The molecule has 0 bridgehead atoms. The van der Waals surface area contributed by atoms with Crippen molar-refractivity contribution < 1.29 is 80.2 Å². The second-order valence-corrected chi connectivity index (χ2v) is 30.3. The van der Waals surface area contributed by atoms with E-state index in [0.717, 1.165) is 135 Å². The molecule has 17 nitrogen and oxygen atoms in total. The number of aliphatic hydroxyl groups is 1. The summed E-state index contributed by atoms with van der Waals surface area (Å²) >= 11 is 0. The molecule has 5 atom stereocenters. The SMILES string of the molecule is CCCCCC/C=C\CCCCCCCC(=O)OC[C@H](COP(=O)(O)OC[C@@H](O)COP(=O)(O)OC[C@@H](COC(=O)CCCCCCCCCCCCCCCCC)OC(=O)CCCCCCC/C=C\CCCCCCCC)OC(=O)CCCCCCC/C=C\CCCCCCCC. The van der Waals surface area contributed by atoms with Crippen LogP contribution in [-0.2, 0) is 65.4 Å². The summed E-state index contributed by atoms with van der Waals surface area (Å²) in [5.74, 6) is -2.16. The Kier molecular flexibility index (Phi) is 70.6. The number of carbonyl (C=O) groups excluding carboxylic acids is 4. The fraction of sp³-hybridized carbons (Fsp3) is 0.873. The van der Waals surface area contributed by atoms with Crippen molar-refractivity contribution in [2.24, 2.45) is 0 Å². The van der Waals surface area contributed by atoms with E-state index in [-0.39, 0.29) is 25.7 Å². The lowest BCUT2D eigenvalue weighted by Gasteiger charge is -2.21. The Hall–Kier alpha value is -2.72. The number of rotatable bonds is 77. The van der Waals surface area contributed by atoms with E-state index in [4.69, 9.17) is 37.0 Å². The summed E-state index contributed by atoms with van der Waals surface area (Å²) in [4.78, 5) is 72.9. The third kappa shape index (κ3) is 71.7. The van der Waals surface area contributed by atoms with Crippen molar-refractivity contribution in [2.75, 3.05) is 39.6 Å². The van der Waals surface area contributed by atoms with Crippen LogP contribution in [0.5, 0.6) is 0 Å². The lowest BCUT2D eigenvalue weighted by Crippen LogP contribution is -2.30. The van der Waals surface area contributed by atoms with Gasteiger partial charge in [-0.3, -0.25) is 37.3 Å². The molecule has 2 unspecified atom stereocenters. The molecular weight excluding hydrogens is 1280 g/mol. The van der Waals surface area contributed by atoms with Crippen LogP contribution in [0.3, 0.4) is 0 Å². The van der Waals surface area contributed by atoms with Gasteiger partial charge < -0.3 is 33.8 Å². The number of hydrogen-bond donors (Lipinski definition) is 3. The summed E-state index contributed by atoms with van der Waals surface area (Å²) < 4.78 is 68.6. The van der Waals surface area contributed by atoms with E-state index >= 15 is 0 Å². The molecular formula is C79H148O17P2. The molecule has 0 aliphatic carbocycles. The van der Waals surface area contributed by atoms with E-state index in [0.29, 0.717) is 25.7 Å². The first kappa shape index (κ1) is 95.3. The number of aliphatic hydroxyl groups excluding tert-OH is 1. The van der Waals surface area contributed by atoms with Crippen molar-refractivity contribution in [1.82, 2.24) is 0 Å². The first-order valence-electron chi connectivity index (χ1n) is 40.2. The van der Waals surface area contributed by atoms with E-state index in [1.54, 1.807) is 0 Å². The molecule has 0 spiro atoms. The van der Waals surface area contributed by atoms with E-state index in [1.807, 2.05) is 0 Å². The lowest BCUT2D eigenvalue weighted by molar-refractivity contribution is -0.161. The molecule has 0 aromatic carbocycles. The normalized spacial score (nSPS) is 14.1. The predicted octanol–water partition coefficient (Wildman–Crippen LogP) is 23.1. The van der Waals surface area contributed by atoms with Crippen molar-refractivity contribution in [3.8, 4) is 0 Å². The van der Waals surface area contributed by atoms with Gasteiger partial charge in [0.15, 0.2) is 12.2 Å². The number of unbranched alkanes of at least 4 members (excludes halogenated alkanes) is 45. The van der Waals surface area contributed by atoms with Crippen LogP contribution in [0, 0.1) is 0 Å². The van der Waals surface area contributed by atoms with Gasteiger partial charge in [-0.25, -0.2) is 9.13 Å². The quantitative estimate of drug-likeness (QED) is 0.0169. The van der Waals surface area contributed by atoms with Gasteiger partial charge in [-0.15, -0.1) is 0 Å². The maximum absolute atomic E-state index is 13.1. The molecule has 0 saturated carbocycles. The highest BCUT2D eigenvalue weighted by atomic mass is 31.2. The number of allylic oxidation sites excluding steroid dienone is 6. The third-order valence-electron chi connectivity index (χ3n) is 17.6. The van der Waals surface area contributed by atoms with Gasteiger partial charge in [0, 0.05) is 25.7 Å². The van der Waals surface area contributed by atoms with Crippen LogP contribution in [-0.4, -0.2) is 96.7 Å². The molecule has 0 amide bonds. The Labute approximate surface area is 598 Å². The summed E-state index contributed by atoms with van der Waals surface area (Å²) in [5.41, 5.74) is 0. The predicted molar refractivity (Wildman–Crippen MR) is 400 cm³/mol. The molecule has 0 heterocycles. The molecule has 0 aromatic rings. The van der Waals surface area contributed by atoms with Crippen molar-refractivity contribution in [1.29, 1.82) is 0 Å². The van der Waals surface area contributed by atoms with Gasteiger partial charge in [0.1, 0.15) is 19.3 Å². The fourth-order valence-corrected chi connectivity index (χ4v) is 13.0. The maximum atomic E-state index is 13.1. The number of phosphoric ester groups is 2. The number of ether oxygens (including phenoxy) is 4. The van der Waals surface area contributed by atoms with E-state index in [9.17, 15) is 43.2 Å². The summed E-state index contributed by atoms with van der Waals surface area (Å²) in [7, 11) is -9.94. The first-order chi connectivity index (χ1) is 47.7. The maximum Gasteiger partial charge on any atom is 0.472 e. The largest absolute Gasteiger partial charge is 0.472 e. The Morgan fingerprint density at radius 3 is 0.714 bits per heavy atom. The van der Waals surface area contributed by atoms with E-state index < -0.39 is 97.5 Å². The van der Waals surface area contributed by atoms with Gasteiger partial charge in [-0.05, 0) is 103 Å². The van der Waals surface area contributed by atoms with E-state index in [2.05, 4.69) is 64.2 Å². The highest BCUT2D eigenvalue weighted by molar-refractivity contribution is 7.47. The zero-order chi connectivity index (χ0) is 71.8. The van der Waals surface area contributed by atoms with Crippen LogP contribution in [0.1, 0.15) is 387 Å². The van der Waals surface area contributed by atoms with Gasteiger partial charge >= 0.3 is 39.5 Å². The zero-order valence-corrected chi connectivity index (χ0v) is 64.8. The molecule has 3 N–H and O–H groups in total. The monoisotopic (exact) mass is 1430 g/mol. The summed E-state index contributed by atoms with van der Waals surface area (Å²) in [5, 5.41) is 10.6. The highest BCUT2D eigenvalue weighted by Gasteiger charge is 2.30. The number of hydrogen-bond acceptors (Lipinski definition) is 15. The van der Waals surface area contributed by atoms with Crippen LogP contribution in [0.2, 0.25) is 0 Å². The van der Waals surface area contributed by atoms with Gasteiger partial charge in [0.05, 0.1) is 26.4 Å². The second kappa shape index (κ2) is 72.6. The molecule has 0 radical (unpaired) electrons. The zero-order valence-electron chi connectivity index (χ0n) is 63.0. The Bertz CT molecular complexity index is 2000. The van der Waals surface area contributed by atoms with Crippen LogP contribution in [0.15, 0.2) is 36.5 Å². The minimum atomic E-state index is -4.97. The highest BCUT2D eigenvalue weighted by Crippen LogP contribution is 2.45. The van der Waals surface area contributed by atoms with Gasteiger partial charge in [-0.2, -0.15) is 0 Å². The van der Waals surface area contributed by atoms with Crippen molar-refractivity contribution in [3.05, 3.63) is 36.5 Å². The lowest BCUT2D eigenvalue weighted by atomic mass is 10.0. The molecule has 576 valence electrons. The summed E-state index contributed by atoms with van der Waals surface area (Å²) in [6.07, 6.45) is 68.3. The summed E-state index contributed by atoms with van der Waals surface area (Å²) in [6.45, 7) is 4.91. The molecule has 0 aromatic heterocycles. The standard InChI is InChI=1S/C79H148O17P2/c1-5-9-13-17-21-25-29-33-36-40-44-48-52-56-60-64-77(82)90-70-75(96-79(84)66-62-58-54-50-46-42-38-35-31-27-23-19-15-11-7-3)72-94-98(87,88)92-68-73(80)67-91-97(85,86)93-71-74(69-89-76(81)63-59-55-51-47-43-39-32-28-24-20-16-12-8-4)95-78(83)65-61-57-53-49-45-41-37-34-30-26-22-18-14-10-6-2/h28,32,34-35,37-38,73-75,80H,5-27,29-31,33,36,39-72H2,1-4H3,(H,85,86)(H,87,88)/b32-28-,37-34-,38-35-/t73-,74-,75-/m1/s1. The van der Waals surface area contributed by atoms with Crippen LogP contribution in [0.25, 0.3) is 0 Å². The van der Waals surface area contributed by atoms with Crippen molar-refractivity contribution >= 4 is 39.5 Å². The van der Waals surface area contributed by atoms with Crippen LogP contribution < -0.4 is 0 Å². The average Bonchev–Trinajstić information content (AvgIpc) is 0.977. The van der Waals surface area contributed by atoms with Crippen molar-refractivity contribution in [3.63, 3.8) is 0 Å². The van der Waals surface area contributed by atoms with Crippen LogP contribution in [0.4, 0.5) is 0 Å². The summed E-state index contributed by atoms with van der Waals surface area (Å²) in [6, 6.07) is 0. The average molecular weight is 1430 g/mol. The molecule has 19 heteroatoms. The van der Waals surface area contributed by atoms with E-state index in [1.165, 1.54) is 173 Å². The topological polar surface area (TPSA) is 237 Å². The fourth-order valence-electron chi connectivity index (χ4n) is 11.4. The smallest absolute Gasteiger partial charge is 0.462 e. The van der Waals surface area contributed by atoms with Gasteiger partial charge in [0.2, 0.25) is 0 Å². The molecule has 98 heavy (non-hydrogen) atoms. The van der Waals surface area contributed by atoms with Crippen LogP contribution >= 0.6 is 15.6 Å². The Morgan fingerprint density at radius 1 is 0.276 bits per heavy atom.